The lowest BCUT2D eigenvalue weighted by Crippen LogP contribution is -2.44. The topological polar surface area (TPSA) is 88.4 Å². The summed E-state index contributed by atoms with van der Waals surface area (Å²) in [5, 5.41) is 15.2. The van der Waals surface area contributed by atoms with Crippen molar-refractivity contribution in [3.8, 4) is 0 Å². The van der Waals surface area contributed by atoms with E-state index in [0.29, 0.717) is 17.3 Å². The fourth-order valence-electron chi connectivity index (χ4n) is 3.58. The molecule has 25 heavy (non-hydrogen) atoms. The van der Waals surface area contributed by atoms with E-state index in [2.05, 4.69) is 15.2 Å². The average molecular weight is 340 g/mol. The number of nitro groups is 1. The highest BCUT2D eigenvalue weighted by molar-refractivity contribution is 5.99. The van der Waals surface area contributed by atoms with Gasteiger partial charge in [0.05, 0.1) is 4.92 Å². The molecule has 1 saturated heterocycles. The Labute approximate surface area is 145 Å². The van der Waals surface area contributed by atoms with Crippen molar-refractivity contribution < 1.29 is 9.72 Å². The molecule has 1 aromatic heterocycles. The van der Waals surface area contributed by atoms with Crippen LogP contribution in [0.15, 0.2) is 24.3 Å². The summed E-state index contributed by atoms with van der Waals surface area (Å²) >= 11 is 0. The molecule has 130 valence electrons. The Kier molecular flexibility index (Phi) is 3.78. The number of benzene rings is 1. The molecule has 2 aliphatic rings. The van der Waals surface area contributed by atoms with Gasteiger partial charge in [0.2, 0.25) is 5.91 Å². The second-order valence-electron chi connectivity index (χ2n) is 6.85. The van der Waals surface area contributed by atoms with Crippen molar-refractivity contribution in [2.24, 2.45) is 0 Å². The zero-order valence-corrected chi connectivity index (χ0v) is 14.1. The van der Waals surface area contributed by atoms with E-state index >= 15 is 0 Å². The fourth-order valence-corrected chi connectivity index (χ4v) is 3.58. The number of aryl methyl sites for hydroxylation is 1. The molecule has 7 heteroatoms. The number of para-hydroxylation sites is 1. The smallest absolute Gasteiger partial charge is 0.295 e. The number of carbonyl (C=O) groups is 1. The van der Waals surface area contributed by atoms with Gasteiger partial charge in [-0.2, -0.15) is 0 Å². The zero-order valence-electron chi connectivity index (χ0n) is 14.1. The van der Waals surface area contributed by atoms with Crippen molar-refractivity contribution >= 4 is 28.2 Å². The maximum absolute atomic E-state index is 12.6. The molecule has 0 bridgehead atoms. The molecular weight excluding hydrogens is 320 g/mol. The highest BCUT2D eigenvalue weighted by atomic mass is 16.6. The van der Waals surface area contributed by atoms with Crippen molar-refractivity contribution in [2.75, 3.05) is 11.4 Å². The maximum atomic E-state index is 12.6. The Morgan fingerprint density at radius 1 is 1.36 bits per heavy atom. The van der Waals surface area contributed by atoms with Crippen LogP contribution in [0.25, 0.3) is 10.9 Å². The minimum absolute atomic E-state index is 0.000582. The predicted octanol–water partition coefficient (Wildman–Crippen LogP) is 2.70. The van der Waals surface area contributed by atoms with Crippen molar-refractivity contribution in [3.63, 3.8) is 0 Å². The third-order valence-electron chi connectivity index (χ3n) is 4.91. The van der Waals surface area contributed by atoms with Gasteiger partial charge in [-0.15, -0.1) is 0 Å². The van der Waals surface area contributed by atoms with Crippen LogP contribution in [0.1, 0.15) is 31.4 Å². The van der Waals surface area contributed by atoms with E-state index < -0.39 is 4.92 Å². The molecule has 2 heterocycles. The minimum atomic E-state index is -0.403. The summed E-state index contributed by atoms with van der Waals surface area (Å²) in [5.41, 5.74) is 1.96. The average Bonchev–Trinajstić information content (AvgIpc) is 3.25. The van der Waals surface area contributed by atoms with Gasteiger partial charge in [0.25, 0.3) is 5.69 Å². The lowest BCUT2D eigenvalue weighted by Gasteiger charge is -2.27. The number of nitrogens with zero attached hydrogens (tertiary/aromatic N) is 3. The number of aromatic nitrogens is 1. The first-order chi connectivity index (χ1) is 12.0. The standard InChI is InChI=1S/C18H20N4O3/c1-11-10-16(13-4-2-5-14(22(24)25)17(13)19-11)21-9-3-6-15(21)18(23)20-12-7-8-12/h2,4-5,10,12,15H,3,6-9H2,1H3,(H,20,23). The molecule has 1 aliphatic carbocycles. The monoisotopic (exact) mass is 340 g/mol. The normalized spacial score (nSPS) is 20.0. The number of non-ortho nitro benzene ring substituents is 1. The number of amides is 1. The Morgan fingerprint density at radius 3 is 2.88 bits per heavy atom. The molecule has 0 radical (unpaired) electrons. The molecule has 1 unspecified atom stereocenters. The van der Waals surface area contributed by atoms with Crippen LogP contribution in [0.2, 0.25) is 0 Å². The van der Waals surface area contributed by atoms with Crippen LogP contribution in [0.3, 0.4) is 0 Å². The quantitative estimate of drug-likeness (QED) is 0.683. The first-order valence-electron chi connectivity index (χ1n) is 8.66. The van der Waals surface area contributed by atoms with Crippen LogP contribution in [0.4, 0.5) is 11.4 Å². The number of hydrogen-bond donors (Lipinski definition) is 1. The first-order valence-corrected chi connectivity index (χ1v) is 8.66. The number of hydrogen-bond acceptors (Lipinski definition) is 5. The number of nitro benzene ring substituents is 1. The van der Waals surface area contributed by atoms with Crippen molar-refractivity contribution in [1.29, 1.82) is 0 Å². The van der Waals surface area contributed by atoms with Gasteiger partial charge in [0, 0.05) is 35.4 Å². The van der Waals surface area contributed by atoms with Crippen LogP contribution in [0, 0.1) is 17.0 Å². The highest BCUT2D eigenvalue weighted by Gasteiger charge is 2.35. The second-order valence-corrected chi connectivity index (χ2v) is 6.85. The molecule has 1 amide bonds. The Morgan fingerprint density at radius 2 is 2.16 bits per heavy atom. The molecule has 0 spiro atoms. The number of carbonyl (C=O) groups excluding carboxylic acids is 1. The molecule has 1 N–H and O–H groups in total. The van der Waals surface area contributed by atoms with Crippen LogP contribution in [-0.2, 0) is 4.79 Å². The lowest BCUT2D eigenvalue weighted by atomic mass is 10.1. The molecule has 1 saturated carbocycles. The molecule has 2 fully saturated rings. The van der Waals surface area contributed by atoms with Gasteiger partial charge in [-0.05, 0) is 38.7 Å². The van der Waals surface area contributed by atoms with Gasteiger partial charge < -0.3 is 10.2 Å². The molecular formula is C18H20N4O3. The Balaban J connectivity index is 1.78. The summed E-state index contributed by atoms with van der Waals surface area (Å²) in [6.45, 7) is 2.60. The van der Waals surface area contributed by atoms with Crippen molar-refractivity contribution in [1.82, 2.24) is 10.3 Å². The summed E-state index contributed by atoms with van der Waals surface area (Å²) < 4.78 is 0. The summed E-state index contributed by atoms with van der Waals surface area (Å²) in [4.78, 5) is 30.0. The number of pyridine rings is 1. The molecule has 1 atom stereocenters. The van der Waals surface area contributed by atoms with E-state index in [9.17, 15) is 14.9 Å². The van der Waals surface area contributed by atoms with Crippen molar-refractivity contribution in [3.05, 3.63) is 40.1 Å². The van der Waals surface area contributed by atoms with E-state index in [1.165, 1.54) is 6.07 Å². The van der Waals surface area contributed by atoms with Gasteiger partial charge in [-0.3, -0.25) is 14.9 Å². The van der Waals surface area contributed by atoms with Gasteiger partial charge in [-0.25, -0.2) is 4.98 Å². The number of anilines is 1. The maximum Gasteiger partial charge on any atom is 0.295 e. The van der Waals surface area contributed by atoms with Gasteiger partial charge in [0.1, 0.15) is 6.04 Å². The van der Waals surface area contributed by atoms with E-state index in [1.54, 1.807) is 6.07 Å². The Hall–Kier alpha value is -2.70. The SMILES string of the molecule is Cc1cc(N2CCCC2C(=O)NC2CC2)c2cccc([N+](=O)[O-])c2n1. The molecule has 2 aromatic rings. The lowest BCUT2D eigenvalue weighted by molar-refractivity contribution is -0.383. The zero-order chi connectivity index (χ0) is 17.6. The van der Waals surface area contributed by atoms with E-state index in [1.807, 2.05) is 19.1 Å². The number of rotatable bonds is 4. The summed E-state index contributed by atoms with van der Waals surface area (Å²) in [7, 11) is 0. The van der Waals surface area contributed by atoms with Gasteiger partial charge >= 0.3 is 0 Å². The summed E-state index contributed by atoms with van der Waals surface area (Å²) in [6.07, 6.45) is 3.85. The van der Waals surface area contributed by atoms with Crippen molar-refractivity contribution in [2.45, 2.75) is 44.7 Å². The summed E-state index contributed by atoms with van der Waals surface area (Å²) in [6, 6.07) is 7.03. The molecule has 1 aliphatic heterocycles. The highest BCUT2D eigenvalue weighted by Crippen LogP contribution is 2.36. The Bertz CT molecular complexity index is 863. The minimum Gasteiger partial charge on any atom is -0.359 e. The third-order valence-corrected chi connectivity index (χ3v) is 4.91. The van der Waals surface area contributed by atoms with Crippen LogP contribution in [-0.4, -0.2) is 34.4 Å². The predicted molar refractivity (Wildman–Crippen MR) is 94.7 cm³/mol. The second kappa shape index (κ2) is 5.98. The first kappa shape index (κ1) is 15.8. The molecule has 1 aromatic carbocycles. The van der Waals surface area contributed by atoms with Crippen LogP contribution < -0.4 is 10.2 Å². The van der Waals surface area contributed by atoms with Crippen LogP contribution >= 0.6 is 0 Å². The van der Waals surface area contributed by atoms with E-state index in [-0.39, 0.29) is 17.6 Å². The fraction of sp³-hybridized carbons (Fsp3) is 0.444. The summed E-state index contributed by atoms with van der Waals surface area (Å²) in [5.74, 6) is 0.0630. The molecule has 7 nitrogen and oxygen atoms in total. The number of fused-ring (bicyclic) bond motifs is 1. The van der Waals surface area contributed by atoms with Gasteiger partial charge in [-0.1, -0.05) is 12.1 Å². The van der Waals surface area contributed by atoms with Crippen LogP contribution in [0.5, 0.6) is 0 Å². The van der Waals surface area contributed by atoms with Gasteiger partial charge in [0.15, 0.2) is 5.52 Å². The van der Waals surface area contributed by atoms with E-state index in [4.69, 9.17) is 0 Å². The third kappa shape index (κ3) is 2.90. The molecule has 4 rings (SSSR count). The largest absolute Gasteiger partial charge is 0.359 e. The number of nitrogens with one attached hydrogen (secondary N) is 1. The van der Waals surface area contributed by atoms with E-state index in [0.717, 1.165) is 43.3 Å².